The molecule has 6 heteroatoms. The molecule has 0 amide bonds. The van der Waals surface area contributed by atoms with E-state index >= 15 is 0 Å². The molecule has 1 atom stereocenters. The number of halogens is 3. The molecule has 3 nitrogen and oxygen atoms in total. The van der Waals surface area contributed by atoms with E-state index in [9.17, 15) is 4.39 Å². The van der Waals surface area contributed by atoms with E-state index in [1.165, 1.54) is 18.5 Å². The maximum atomic E-state index is 14.1. The number of hydrogen-bond acceptors (Lipinski definition) is 3. The second kappa shape index (κ2) is 8.19. The molecule has 0 aliphatic heterocycles. The van der Waals surface area contributed by atoms with E-state index in [1.807, 2.05) is 55.5 Å². The molecule has 1 aromatic heterocycles. The van der Waals surface area contributed by atoms with Gasteiger partial charge in [0.25, 0.3) is 0 Å². The first kappa shape index (κ1) is 19.5. The van der Waals surface area contributed by atoms with Crippen LogP contribution in [0.15, 0.2) is 70.4 Å². The molecule has 1 heterocycles. The second-order valence-electron chi connectivity index (χ2n) is 6.22. The Bertz CT molecular complexity index is 978. The van der Waals surface area contributed by atoms with Crippen molar-refractivity contribution in [1.29, 1.82) is 0 Å². The van der Waals surface area contributed by atoms with Crippen LogP contribution >= 0.6 is 27.5 Å². The highest BCUT2D eigenvalue weighted by atomic mass is 79.9. The molecule has 0 aliphatic rings. The highest BCUT2D eigenvalue weighted by Gasteiger charge is 2.39. The monoisotopic (exact) mass is 446 g/mol. The number of hydrogen-bond donors (Lipinski definition) is 1. The molecular formula is C21H17BrClFN2O. The van der Waals surface area contributed by atoms with Gasteiger partial charge in [-0.05, 0) is 47.4 Å². The van der Waals surface area contributed by atoms with Gasteiger partial charge in [-0.2, -0.15) is 4.39 Å². The van der Waals surface area contributed by atoms with E-state index < -0.39 is 11.4 Å². The van der Waals surface area contributed by atoms with Crippen molar-refractivity contribution in [2.24, 2.45) is 5.16 Å². The lowest BCUT2D eigenvalue weighted by atomic mass is 9.66. The van der Waals surface area contributed by atoms with Gasteiger partial charge < -0.3 is 5.21 Å². The van der Waals surface area contributed by atoms with Crippen molar-refractivity contribution in [3.63, 3.8) is 0 Å². The van der Waals surface area contributed by atoms with E-state index in [0.29, 0.717) is 17.0 Å². The molecule has 3 aromatic rings. The van der Waals surface area contributed by atoms with Crippen LogP contribution in [-0.4, -0.2) is 16.4 Å². The zero-order valence-corrected chi connectivity index (χ0v) is 16.9. The Balaban J connectivity index is 2.43. The fourth-order valence-electron chi connectivity index (χ4n) is 3.50. The zero-order valence-electron chi connectivity index (χ0n) is 14.5. The van der Waals surface area contributed by atoms with Gasteiger partial charge in [0.05, 0.1) is 10.4 Å². The number of pyridine rings is 1. The van der Waals surface area contributed by atoms with E-state index in [4.69, 9.17) is 16.8 Å². The third kappa shape index (κ3) is 3.75. The average Bonchev–Trinajstić information content (AvgIpc) is 2.67. The van der Waals surface area contributed by atoms with Crippen molar-refractivity contribution in [3.05, 3.63) is 98.5 Å². The fourth-order valence-corrected chi connectivity index (χ4v) is 4.03. The zero-order chi connectivity index (χ0) is 19.4. The molecule has 0 fully saturated rings. The van der Waals surface area contributed by atoms with Crippen molar-refractivity contribution in [1.82, 2.24) is 4.98 Å². The Morgan fingerprint density at radius 1 is 1.19 bits per heavy atom. The van der Waals surface area contributed by atoms with Gasteiger partial charge in [-0.3, -0.25) is 0 Å². The molecule has 1 N–H and O–H groups in total. The van der Waals surface area contributed by atoms with Gasteiger partial charge in [-0.25, -0.2) is 4.98 Å². The summed E-state index contributed by atoms with van der Waals surface area (Å²) < 4.78 is 15.1. The first-order valence-corrected chi connectivity index (χ1v) is 9.45. The number of oxime groups is 1. The van der Waals surface area contributed by atoms with Gasteiger partial charge in [0.1, 0.15) is 0 Å². The molecule has 0 bridgehead atoms. The molecule has 3 rings (SSSR count). The Kier molecular flexibility index (Phi) is 5.92. The summed E-state index contributed by atoms with van der Waals surface area (Å²) in [6, 6.07) is 16.9. The summed E-state index contributed by atoms with van der Waals surface area (Å²) in [4.78, 5) is 3.67. The van der Waals surface area contributed by atoms with Gasteiger partial charge in [0.15, 0.2) is 0 Å². The Morgan fingerprint density at radius 2 is 1.89 bits per heavy atom. The van der Waals surface area contributed by atoms with Crippen LogP contribution in [0.5, 0.6) is 0 Å². The topological polar surface area (TPSA) is 45.5 Å². The molecule has 0 spiro atoms. The lowest BCUT2D eigenvalue weighted by molar-refractivity contribution is 0.319. The number of aryl methyl sites for hydroxylation is 1. The van der Waals surface area contributed by atoms with Crippen LogP contribution in [0, 0.1) is 12.9 Å². The third-order valence-corrected chi connectivity index (χ3v) is 5.53. The summed E-state index contributed by atoms with van der Waals surface area (Å²) in [7, 11) is 0. The van der Waals surface area contributed by atoms with Crippen molar-refractivity contribution < 1.29 is 9.60 Å². The predicted octanol–water partition coefficient (Wildman–Crippen LogP) is 6.13. The quantitative estimate of drug-likeness (QED) is 0.221. The van der Waals surface area contributed by atoms with Crippen molar-refractivity contribution >= 4 is 33.7 Å². The van der Waals surface area contributed by atoms with Crippen LogP contribution in [0.1, 0.15) is 28.7 Å². The van der Waals surface area contributed by atoms with E-state index in [2.05, 4.69) is 26.1 Å². The maximum absolute atomic E-state index is 14.1. The van der Waals surface area contributed by atoms with Gasteiger partial charge >= 0.3 is 0 Å². The fraction of sp³-hybridized carbons (Fsp3) is 0.143. The highest BCUT2D eigenvalue weighted by Crippen LogP contribution is 2.45. The van der Waals surface area contributed by atoms with Gasteiger partial charge in [-0.1, -0.05) is 63.9 Å². The summed E-state index contributed by atoms with van der Waals surface area (Å²) in [5.74, 6) is -0.620. The van der Waals surface area contributed by atoms with E-state index in [1.54, 1.807) is 0 Å². The van der Waals surface area contributed by atoms with Crippen molar-refractivity contribution in [2.45, 2.75) is 18.8 Å². The Hall–Kier alpha value is -2.24. The summed E-state index contributed by atoms with van der Waals surface area (Å²) in [6.45, 7) is 1.99. The molecular weight excluding hydrogens is 431 g/mol. The molecule has 138 valence electrons. The normalized spacial score (nSPS) is 13.6. The molecule has 0 saturated carbocycles. The Morgan fingerprint density at radius 3 is 2.56 bits per heavy atom. The van der Waals surface area contributed by atoms with Crippen LogP contribution in [0.2, 0.25) is 5.02 Å². The number of benzene rings is 2. The smallest absolute Gasteiger partial charge is 0.213 e. The Labute approximate surface area is 170 Å². The third-order valence-electron chi connectivity index (χ3n) is 4.70. The van der Waals surface area contributed by atoms with Crippen LogP contribution < -0.4 is 0 Å². The first-order chi connectivity index (χ1) is 13.0. The molecule has 2 aromatic carbocycles. The van der Waals surface area contributed by atoms with E-state index in [-0.39, 0.29) is 0 Å². The predicted molar refractivity (Wildman–Crippen MR) is 109 cm³/mol. The molecule has 1 unspecified atom stereocenters. The second-order valence-corrected chi connectivity index (χ2v) is 7.54. The highest BCUT2D eigenvalue weighted by molar-refractivity contribution is 9.10. The summed E-state index contributed by atoms with van der Waals surface area (Å²) >= 11 is 9.95. The van der Waals surface area contributed by atoms with Crippen LogP contribution in [0.3, 0.4) is 0 Å². The molecule has 0 saturated heterocycles. The number of nitrogens with zero attached hydrogens (tertiary/aromatic N) is 2. The standard InChI is InChI=1S/C21H17BrClFN2O/c1-14-4-2-3-5-17(14)21(10-11-26-27,15-6-8-16(22)9-7-15)18-12-20(24)25-13-19(18)23/h2-9,11-13,27H,10H2,1H3. The van der Waals surface area contributed by atoms with Crippen LogP contribution in [0.25, 0.3) is 0 Å². The minimum atomic E-state index is -0.848. The van der Waals surface area contributed by atoms with Gasteiger partial charge in [0.2, 0.25) is 5.95 Å². The van der Waals surface area contributed by atoms with E-state index in [0.717, 1.165) is 21.2 Å². The lowest BCUT2D eigenvalue weighted by Crippen LogP contribution is -2.31. The van der Waals surface area contributed by atoms with Crippen molar-refractivity contribution in [3.8, 4) is 0 Å². The lowest BCUT2D eigenvalue weighted by Gasteiger charge is -2.36. The summed E-state index contributed by atoms with van der Waals surface area (Å²) in [5, 5.41) is 12.7. The largest absolute Gasteiger partial charge is 0.411 e. The summed E-state index contributed by atoms with van der Waals surface area (Å²) in [6.07, 6.45) is 3.01. The van der Waals surface area contributed by atoms with Crippen LogP contribution in [0.4, 0.5) is 4.39 Å². The minimum absolute atomic E-state index is 0.291. The first-order valence-electron chi connectivity index (χ1n) is 8.28. The number of aromatic nitrogens is 1. The summed E-state index contributed by atoms with van der Waals surface area (Å²) in [5.41, 5.74) is 2.57. The molecule has 0 aliphatic carbocycles. The molecule has 0 radical (unpaired) electrons. The van der Waals surface area contributed by atoms with Crippen LogP contribution in [-0.2, 0) is 5.41 Å². The molecule has 27 heavy (non-hydrogen) atoms. The number of rotatable bonds is 5. The minimum Gasteiger partial charge on any atom is -0.411 e. The van der Waals surface area contributed by atoms with Crippen molar-refractivity contribution in [2.75, 3.05) is 0 Å². The SMILES string of the molecule is Cc1ccccc1C(CC=NO)(c1ccc(Br)cc1)c1cc(F)ncc1Cl. The average molecular weight is 448 g/mol. The van der Waals surface area contributed by atoms with Gasteiger partial charge in [0, 0.05) is 23.3 Å². The maximum Gasteiger partial charge on any atom is 0.213 e. The van der Waals surface area contributed by atoms with Gasteiger partial charge in [-0.15, -0.1) is 5.16 Å².